The van der Waals surface area contributed by atoms with Crippen LogP contribution in [0.2, 0.25) is 0 Å². The van der Waals surface area contributed by atoms with Crippen LogP contribution in [0.5, 0.6) is 0 Å². The fourth-order valence-electron chi connectivity index (χ4n) is 2.09. The van der Waals surface area contributed by atoms with Gasteiger partial charge in [-0.25, -0.2) is 0 Å². The highest BCUT2D eigenvalue weighted by atomic mass is 79.9. The highest BCUT2D eigenvalue weighted by Crippen LogP contribution is 2.41. The zero-order chi connectivity index (χ0) is 12.3. The van der Waals surface area contributed by atoms with E-state index in [-0.39, 0.29) is 0 Å². The summed E-state index contributed by atoms with van der Waals surface area (Å²) in [6, 6.07) is 2.19. The Morgan fingerprint density at radius 1 is 1.41 bits per heavy atom. The number of halogens is 3. The van der Waals surface area contributed by atoms with Crippen LogP contribution in [0.1, 0.15) is 42.5 Å². The molecule has 1 nitrogen and oxygen atoms in total. The lowest BCUT2D eigenvalue weighted by Crippen LogP contribution is -2.19. The first-order valence-electron chi connectivity index (χ1n) is 5.87. The van der Waals surface area contributed by atoms with E-state index < -0.39 is 0 Å². The van der Waals surface area contributed by atoms with Crippen molar-refractivity contribution in [3.63, 3.8) is 0 Å². The molecule has 1 saturated heterocycles. The van der Waals surface area contributed by atoms with Crippen molar-refractivity contribution in [3.05, 3.63) is 19.2 Å². The van der Waals surface area contributed by atoms with E-state index in [4.69, 9.17) is 4.74 Å². The van der Waals surface area contributed by atoms with E-state index in [1.54, 1.807) is 11.3 Å². The fraction of sp³-hybridized carbons (Fsp3) is 0.667. The van der Waals surface area contributed by atoms with Crippen LogP contribution in [0.3, 0.4) is 0 Å². The first kappa shape index (κ1) is 14.5. The quantitative estimate of drug-likeness (QED) is 0.511. The maximum Gasteiger partial charge on any atom is 0.0753 e. The average Bonchev–Trinajstić information content (AvgIpc) is 2.67. The number of ether oxygens (including phenoxy) is 1. The third-order valence-corrected chi connectivity index (χ3v) is 6.37. The Labute approximate surface area is 132 Å². The minimum absolute atomic E-state index is 0.421. The molecular weight excluding hydrogens is 432 g/mol. The van der Waals surface area contributed by atoms with E-state index in [1.807, 2.05) is 0 Å². The van der Waals surface area contributed by atoms with Gasteiger partial charge in [-0.2, -0.15) is 0 Å². The lowest BCUT2D eigenvalue weighted by molar-refractivity contribution is 0.0102. The first-order chi connectivity index (χ1) is 8.16. The van der Waals surface area contributed by atoms with Crippen LogP contribution < -0.4 is 0 Å². The van der Waals surface area contributed by atoms with E-state index in [0.29, 0.717) is 10.9 Å². The predicted molar refractivity (Wildman–Crippen MR) is 84.2 cm³/mol. The lowest BCUT2D eigenvalue weighted by Gasteiger charge is -2.23. The summed E-state index contributed by atoms with van der Waals surface area (Å²) in [4.78, 5) is 0.421. The van der Waals surface area contributed by atoms with E-state index in [2.05, 4.69) is 53.9 Å². The Morgan fingerprint density at radius 2 is 2.24 bits per heavy atom. The molecule has 0 aliphatic carbocycles. The van der Waals surface area contributed by atoms with Crippen LogP contribution in [-0.2, 0) is 4.74 Å². The van der Waals surface area contributed by atoms with E-state index in [0.717, 1.165) is 19.4 Å². The van der Waals surface area contributed by atoms with Crippen molar-refractivity contribution in [2.45, 2.75) is 43.0 Å². The molecule has 0 saturated carbocycles. The van der Waals surface area contributed by atoms with Gasteiger partial charge in [-0.1, -0.05) is 15.9 Å². The topological polar surface area (TPSA) is 9.23 Å². The monoisotopic (exact) mass is 444 g/mol. The molecule has 0 amide bonds. The maximum absolute atomic E-state index is 5.76. The smallest absolute Gasteiger partial charge is 0.0753 e. The lowest BCUT2D eigenvalue weighted by atomic mass is 10.0. The summed E-state index contributed by atoms with van der Waals surface area (Å²) >= 11 is 12.6. The largest absolute Gasteiger partial charge is 0.378 e. The van der Waals surface area contributed by atoms with Crippen molar-refractivity contribution < 1.29 is 4.74 Å². The Kier molecular flexibility index (Phi) is 6.00. The normalized spacial score (nSPS) is 22.6. The van der Waals surface area contributed by atoms with Gasteiger partial charge in [0, 0.05) is 11.4 Å². The van der Waals surface area contributed by atoms with E-state index >= 15 is 0 Å². The zero-order valence-corrected chi connectivity index (χ0v) is 15.0. The molecule has 1 aliphatic rings. The molecule has 2 atom stereocenters. The third-order valence-electron chi connectivity index (χ3n) is 3.04. The van der Waals surface area contributed by atoms with Crippen molar-refractivity contribution in [2.75, 3.05) is 6.61 Å². The van der Waals surface area contributed by atoms with Crippen molar-refractivity contribution in [2.24, 2.45) is 0 Å². The molecule has 1 fully saturated rings. The van der Waals surface area contributed by atoms with Gasteiger partial charge in [-0.15, -0.1) is 11.3 Å². The number of hydrogen-bond donors (Lipinski definition) is 0. The molecule has 1 aromatic rings. The molecule has 1 aliphatic heterocycles. The minimum atomic E-state index is 0.421. The van der Waals surface area contributed by atoms with E-state index in [9.17, 15) is 0 Å². The standard InChI is InChI=1S/C12H15Br3OS/c13-10(9-7-11(14)17-12(9)15)5-4-8-3-1-2-6-16-8/h7-8,10H,1-6H2. The Morgan fingerprint density at radius 3 is 2.82 bits per heavy atom. The van der Waals surface area contributed by atoms with Gasteiger partial charge in [0.2, 0.25) is 0 Å². The predicted octanol–water partition coefficient (Wildman–Crippen LogP) is 6.06. The third kappa shape index (κ3) is 4.30. The van der Waals surface area contributed by atoms with Crippen LogP contribution in [-0.4, -0.2) is 12.7 Å². The molecule has 2 rings (SSSR count). The number of rotatable bonds is 4. The summed E-state index contributed by atoms with van der Waals surface area (Å²) in [7, 11) is 0. The van der Waals surface area contributed by atoms with Crippen LogP contribution >= 0.6 is 59.1 Å². The molecule has 17 heavy (non-hydrogen) atoms. The van der Waals surface area contributed by atoms with Gasteiger partial charge in [0.1, 0.15) is 0 Å². The Balaban J connectivity index is 1.84. The van der Waals surface area contributed by atoms with Gasteiger partial charge in [0.05, 0.1) is 13.7 Å². The highest BCUT2D eigenvalue weighted by Gasteiger charge is 2.18. The van der Waals surface area contributed by atoms with Crippen LogP contribution in [0.25, 0.3) is 0 Å². The van der Waals surface area contributed by atoms with Crippen LogP contribution in [0.4, 0.5) is 0 Å². The molecule has 0 N–H and O–H groups in total. The number of thiophene rings is 1. The summed E-state index contributed by atoms with van der Waals surface area (Å²) < 4.78 is 8.16. The molecular formula is C12H15Br3OS. The van der Waals surface area contributed by atoms with Crippen molar-refractivity contribution >= 4 is 59.1 Å². The number of hydrogen-bond acceptors (Lipinski definition) is 2. The molecule has 0 radical (unpaired) electrons. The van der Waals surface area contributed by atoms with Gasteiger partial charge in [0.15, 0.2) is 0 Å². The average molecular weight is 447 g/mol. The van der Waals surface area contributed by atoms with Crippen molar-refractivity contribution in [1.29, 1.82) is 0 Å². The Hall–Kier alpha value is 1.10. The molecule has 96 valence electrons. The summed E-state index contributed by atoms with van der Waals surface area (Å²) in [6.45, 7) is 0.950. The SMILES string of the molecule is Brc1cc(C(Br)CCC2CCCCO2)c(Br)s1. The molecule has 1 aromatic heterocycles. The second-order valence-electron chi connectivity index (χ2n) is 4.31. The van der Waals surface area contributed by atoms with Crippen molar-refractivity contribution in [3.8, 4) is 0 Å². The van der Waals surface area contributed by atoms with Gasteiger partial charge in [0.25, 0.3) is 0 Å². The van der Waals surface area contributed by atoms with Crippen molar-refractivity contribution in [1.82, 2.24) is 0 Å². The summed E-state index contributed by atoms with van der Waals surface area (Å²) in [5.74, 6) is 0. The van der Waals surface area contributed by atoms with Crippen LogP contribution in [0, 0.1) is 0 Å². The summed E-state index contributed by atoms with van der Waals surface area (Å²) in [5, 5.41) is 0. The first-order valence-corrected chi connectivity index (χ1v) is 9.19. The molecule has 2 heterocycles. The fourth-order valence-corrected chi connectivity index (χ4v) is 6.15. The van der Waals surface area contributed by atoms with Gasteiger partial charge < -0.3 is 4.74 Å². The summed E-state index contributed by atoms with van der Waals surface area (Å²) in [5.41, 5.74) is 1.35. The molecule has 5 heteroatoms. The zero-order valence-electron chi connectivity index (χ0n) is 9.43. The van der Waals surface area contributed by atoms with Gasteiger partial charge in [-0.05, 0) is 75.6 Å². The Bertz CT molecular complexity index is 361. The maximum atomic E-state index is 5.76. The van der Waals surface area contributed by atoms with Crippen LogP contribution in [0.15, 0.2) is 13.6 Å². The molecule has 0 aromatic carbocycles. The molecule has 2 unspecified atom stereocenters. The number of alkyl halides is 1. The second-order valence-corrected chi connectivity index (χ2v) is 9.17. The highest BCUT2D eigenvalue weighted by molar-refractivity contribution is 9.12. The minimum Gasteiger partial charge on any atom is -0.378 e. The summed E-state index contributed by atoms with van der Waals surface area (Å²) in [6.07, 6.45) is 6.55. The van der Waals surface area contributed by atoms with Gasteiger partial charge in [-0.3, -0.25) is 0 Å². The van der Waals surface area contributed by atoms with E-state index in [1.165, 1.54) is 32.4 Å². The second kappa shape index (κ2) is 7.04. The molecule has 0 bridgehead atoms. The van der Waals surface area contributed by atoms with Gasteiger partial charge >= 0.3 is 0 Å². The molecule has 0 spiro atoms.